The molecule has 58 valence electrons. The van der Waals surface area contributed by atoms with E-state index in [1.54, 1.807) is 12.1 Å². The molecule has 0 radical (unpaired) electrons. The van der Waals surface area contributed by atoms with Gasteiger partial charge >= 0.3 is 0 Å². The Kier molecular flexibility index (Phi) is 1.74. The highest BCUT2D eigenvalue weighted by Crippen LogP contribution is 2.06. The molecule has 2 aromatic rings. The molecule has 0 aliphatic heterocycles. The van der Waals surface area contributed by atoms with E-state index in [2.05, 4.69) is 10.3 Å². The quantitative estimate of drug-likeness (QED) is 0.547. The number of rotatable bonds is 0. The van der Waals surface area contributed by atoms with Gasteiger partial charge in [-0.3, -0.25) is 0 Å². The first kappa shape index (κ1) is 7.49. The van der Waals surface area contributed by atoms with Crippen molar-refractivity contribution in [2.45, 2.75) is 0 Å². The summed E-state index contributed by atoms with van der Waals surface area (Å²) in [5.41, 5.74) is 1.33. The van der Waals surface area contributed by atoms with Crippen LogP contribution >= 0.6 is 0 Å². The van der Waals surface area contributed by atoms with Crippen molar-refractivity contribution in [2.75, 3.05) is 0 Å². The maximum absolute atomic E-state index is 8.95. The maximum Gasteiger partial charge on any atom is 0.130 e. The lowest BCUT2D eigenvalue weighted by atomic mass is 10.3. The Morgan fingerprint density at radius 3 is 2.73 bits per heavy atom. The average Bonchev–Trinajstić information content (AvgIpc) is 2.34. The van der Waals surface area contributed by atoms with E-state index in [4.69, 9.17) is 5.21 Å². The minimum Gasteiger partial charge on any atom is -0.410 e. The number of aromatic nitrogens is 3. The molecular formula is C6H8N4O. The van der Waals surface area contributed by atoms with Crippen molar-refractivity contribution >= 4 is 11.0 Å². The first-order valence-electron chi connectivity index (χ1n) is 2.87. The Labute approximate surface area is 62.8 Å². The first-order valence-corrected chi connectivity index (χ1v) is 2.87. The smallest absolute Gasteiger partial charge is 0.130 e. The fourth-order valence-corrected chi connectivity index (χ4v) is 0.857. The molecule has 0 amide bonds. The van der Waals surface area contributed by atoms with Crippen LogP contribution in [0.5, 0.6) is 0 Å². The van der Waals surface area contributed by atoms with E-state index in [-0.39, 0.29) is 6.15 Å². The van der Waals surface area contributed by atoms with Crippen molar-refractivity contribution in [3.8, 4) is 0 Å². The molecule has 0 aliphatic carbocycles. The average molecular weight is 152 g/mol. The van der Waals surface area contributed by atoms with Gasteiger partial charge < -0.3 is 11.4 Å². The third-order valence-electron chi connectivity index (χ3n) is 1.33. The zero-order valence-electron chi connectivity index (χ0n) is 5.81. The number of hydrogen-bond acceptors (Lipinski definition) is 4. The van der Waals surface area contributed by atoms with Crippen LogP contribution < -0.4 is 6.15 Å². The third-order valence-corrected chi connectivity index (χ3v) is 1.33. The molecule has 0 bridgehead atoms. The standard InChI is InChI=1S/C6H5N3O.H3N/c10-9-6-4-2-1-3-5(6)7-8-9;/h1-4,10H;1H3. The summed E-state index contributed by atoms with van der Waals surface area (Å²) >= 11 is 0. The van der Waals surface area contributed by atoms with E-state index in [1.807, 2.05) is 12.1 Å². The third kappa shape index (κ3) is 1.01. The minimum atomic E-state index is 0. The second kappa shape index (κ2) is 2.55. The summed E-state index contributed by atoms with van der Waals surface area (Å²) in [6.07, 6.45) is 0. The van der Waals surface area contributed by atoms with Crippen LogP contribution in [0.3, 0.4) is 0 Å². The molecule has 1 aromatic heterocycles. The molecule has 2 rings (SSSR count). The Morgan fingerprint density at radius 1 is 1.27 bits per heavy atom. The van der Waals surface area contributed by atoms with Crippen molar-refractivity contribution in [3.63, 3.8) is 0 Å². The van der Waals surface area contributed by atoms with Crippen molar-refractivity contribution in [3.05, 3.63) is 24.3 Å². The molecule has 11 heavy (non-hydrogen) atoms. The van der Waals surface area contributed by atoms with Crippen molar-refractivity contribution < 1.29 is 5.21 Å². The predicted molar refractivity (Wildman–Crippen MR) is 39.7 cm³/mol. The Morgan fingerprint density at radius 2 is 2.00 bits per heavy atom. The topological polar surface area (TPSA) is 85.9 Å². The molecule has 0 atom stereocenters. The Hall–Kier alpha value is -1.62. The van der Waals surface area contributed by atoms with Gasteiger partial charge in [0.25, 0.3) is 0 Å². The van der Waals surface area contributed by atoms with Crippen LogP contribution in [0.2, 0.25) is 0 Å². The highest BCUT2D eigenvalue weighted by Gasteiger charge is 1.98. The Bertz CT molecular complexity index is 356. The number of benzene rings is 1. The fraction of sp³-hybridized carbons (Fsp3) is 0. The van der Waals surface area contributed by atoms with E-state index in [9.17, 15) is 0 Å². The molecule has 5 heteroatoms. The predicted octanol–water partition coefficient (Wildman–Crippen LogP) is 0.831. The number of fused-ring (bicyclic) bond motifs is 1. The number of para-hydroxylation sites is 1. The summed E-state index contributed by atoms with van der Waals surface area (Å²) < 4.78 is 0. The molecule has 0 aliphatic rings. The van der Waals surface area contributed by atoms with Crippen LogP contribution in [0.4, 0.5) is 0 Å². The van der Waals surface area contributed by atoms with Crippen LogP contribution in [0, 0.1) is 0 Å². The zero-order valence-corrected chi connectivity index (χ0v) is 5.81. The van der Waals surface area contributed by atoms with Crippen molar-refractivity contribution in [1.82, 2.24) is 21.3 Å². The summed E-state index contributed by atoms with van der Waals surface area (Å²) in [6, 6.07) is 7.19. The summed E-state index contributed by atoms with van der Waals surface area (Å²) in [7, 11) is 0. The molecule has 5 nitrogen and oxygen atoms in total. The van der Waals surface area contributed by atoms with Gasteiger partial charge in [-0.1, -0.05) is 17.0 Å². The van der Waals surface area contributed by atoms with Gasteiger partial charge in [-0.25, -0.2) is 0 Å². The van der Waals surface area contributed by atoms with Gasteiger partial charge in [-0.05, 0) is 17.3 Å². The van der Waals surface area contributed by atoms with E-state index >= 15 is 0 Å². The van der Waals surface area contributed by atoms with Crippen molar-refractivity contribution in [1.29, 1.82) is 0 Å². The van der Waals surface area contributed by atoms with Gasteiger partial charge in [0, 0.05) is 0 Å². The number of nitrogens with zero attached hydrogens (tertiary/aromatic N) is 3. The minimum absolute atomic E-state index is 0. The lowest BCUT2D eigenvalue weighted by molar-refractivity contribution is 0.155. The van der Waals surface area contributed by atoms with Gasteiger partial charge in [0.1, 0.15) is 11.0 Å². The lowest BCUT2D eigenvalue weighted by Crippen LogP contribution is -1.90. The second-order valence-electron chi connectivity index (χ2n) is 1.97. The molecule has 1 heterocycles. The summed E-state index contributed by atoms with van der Waals surface area (Å²) in [6.45, 7) is 0. The summed E-state index contributed by atoms with van der Waals surface area (Å²) in [5, 5.41) is 16.1. The van der Waals surface area contributed by atoms with Crippen molar-refractivity contribution in [2.24, 2.45) is 0 Å². The van der Waals surface area contributed by atoms with Gasteiger partial charge in [0.05, 0.1) is 0 Å². The van der Waals surface area contributed by atoms with Crippen LogP contribution in [0.25, 0.3) is 11.0 Å². The van der Waals surface area contributed by atoms with E-state index < -0.39 is 0 Å². The van der Waals surface area contributed by atoms with Gasteiger partial charge in [0.15, 0.2) is 0 Å². The lowest BCUT2D eigenvalue weighted by Gasteiger charge is -1.85. The monoisotopic (exact) mass is 152 g/mol. The fourth-order valence-electron chi connectivity index (χ4n) is 0.857. The maximum atomic E-state index is 8.95. The van der Waals surface area contributed by atoms with Crippen LogP contribution in [0.15, 0.2) is 24.3 Å². The van der Waals surface area contributed by atoms with E-state index in [0.717, 1.165) is 4.85 Å². The SMILES string of the molecule is N.On1nnc2ccccc21. The van der Waals surface area contributed by atoms with E-state index in [1.165, 1.54) is 0 Å². The highest BCUT2D eigenvalue weighted by molar-refractivity contribution is 5.73. The number of hydrogen-bond donors (Lipinski definition) is 2. The van der Waals surface area contributed by atoms with Crippen LogP contribution in [-0.2, 0) is 0 Å². The molecule has 0 fully saturated rings. The summed E-state index contributed by atoms with van der Waals surface area (Å²) in [5.74, 6) is 0. The zero-order chi connectivity index (χ0) is 6.97. The molecule has 0 saturated heterocycles. The first-order chi connectivity index (χ1) is 4.88. The molecule has 1 aromatic carbocycles. The summed E-state index contributed by atoms with van der Waals surface area (Å²) in [4.78, 5) is 0.759. The molecule has 0 saturated carbocycles. The largest absolute Gasteiger partial charge is 0.410 e. The van der Waals surface area contributed by atoms with Gasteiger partial charge in [-0.15, -0.1) is 5.10 Å². The second-order valence-corrected chi connectivity index (χ2v) is 1.97. The Balaban J connectivity index is 0.000000605. The highest BCUT2D eigenvalue weighted by atomic mass is 16.5. The van der Waals surface area contributed by atoms with Gasteiger partial charge in [0.2, 0.25) is 0 Å². The molecular weight excluding hydrogens is 144 g/mol. The van der Waals surface area contributed by atoms with Crippen LogP contribution in [0.1, 0.15) is 0 Å². The normalized spacial score (nSPS) is 9.45. The van der Waals surface area contributed by atoms with Crippen LogP contribution in [-0.4, -0.2) is 20.4 Å². The molecule has 0 unspecified atom stereocenters. The molecule has 4 N–H and O–H groups in total. The van der Waals surface area contributed by atoms with Gasteiger partial charge in [-0.2, -0.15) is 0 Å². The van der Waals surface area contributed by atoms with E-state index in [0.29, 0.717) is 11.0 Å². The molecule has 0 spiro atoms.